The van der Waals surface area contributed by atoms with E-state index in [9.17, 15) is 14.2 Å². The SMILES string of the molecule is NC/C=C/c1cn([C@H]2CC[C@@H](COP(=O)(O)O)O2)c(=O)[nH]c1=O. The molecular weight excluding hydrogens is 329 g/mol. The molecular formula is C12H18N3O7P. The Balaban J connectivity index is 2.13. The van der Waals surface area contributed by atoms with Crippen LogP contribution in [0.5, 0.6) is 0 Å². The second kappa shape index (κ2) is 7.35. The molecule has 5 N–H and O–H groups in total. The van der Waals surface area contributed by atoms with Crippen LogP contribution in [0.1, 0.15) is 24.6 Å². The molecule has 0 radical (unpaired) electrons. The molecule has 0 saturated carbocycles. The molecule has 0 spiro atoms. The summed E-state index contributed by atoms with van der Waals surface area (Å²) in [5.74, 6) is 0. The zero-order chi connectivity index (χ0) is 17.0. The van der Waals surface area contributed by atoms with E-state index in [0.29, 0.717) is 12.8 Å². The van der Waals surface area contributed by atoms with Gasteiger partial charge in [0, 0.05) is 12.7 Å². The number of nitrogens with zero attached hydrogens (tertiary/aromatic N) is 1. The third-order valence-electron chi connectivity index (χ3n) is 3.25. The molecule has 1 aliphatic heterocycles. The van der Waals surface area contributed by atoms with E-state index < -0.39 is 31.4 Å². The zero-order valence-corrected chi connectivity index (χ0v) is 13.0. The van der Waals surface area contributed by atoms with Crippen molar-refractivity contribution in [1.29, 1.82) is 0 Å². The van der Waals surface area contributed by atoms with Crippen LogP contribution in [0.15, 0.2) is 21.9 Å². The summed E-state index contributed by atoms with van der Waals surface area (Å²) in [6, 6.07) is 0. The van der Waals surface area contributed by atoms with Gasteiger partial charge in [0.15, 0.2) is 0 Å². The average molecular weight is 347 g/mol. The van der Waals surface area contributed by atoms with Gasteiger partial charge in [0.2, 0.25) is 0 Å². The minimum atomic E-state index is -4.56. The Morgan fingerprint density at radius 1 is 1.48 bits per heavy atom. The van der Waals surface area contributed by atoms with Crippen LogP contribution >= 0.6 is 7.82 Å². The Morgan fingerprint density at radius 3 is 2.87 bits per heavy atom. The fourth-order valence-electron chi connectivity index (χ4n) is 2.22. The summed E-state index contributed by atoms with van der Waals surface area (Å²) in [7, 11) is -4.56. The highest BCUT2D eigenvalue weighted by atomic mass is 31.2. The van der Waals surface area contributed by atoms with Crippen molar-refractivity contribution in [2.75, 3.05) is 13.2 Å². The summed E-state index contributed by atoms with van der Waals surface area (Å²) in [6.07, 6.45) is 4.16. The summed E-state index contributed by atoms with van der Waals surface area (Å²) in [6.45, 7) is -0.0287. The molecule has 0 amide bonds. The number of nitrogens with two attached hydrogens (primary N) is 1. The third kappa shape index (κ3) is 4.96. The molecule has 2 heterocycles. The van der Waals surface area contributed by atoms with E-state index in [-0.39, 0.29) is 18.7 Å². The Bertz CT molecular complexity index is 735. The summed E-state index contributed by atoms with van der Waals surface area (Å²) in [5, 5.41) is 0. The highest BCUT2D eigenvalue weighted by molar-refractivity contribution is 7.46. The molecule has 0 aliphatic carbocycles. The standard InChI is InChI=1S/C12H18N3O7P/c13-5-1-2-8-6-15(12(17)14-11(8)16)10-4-3-9(22-10)7-21-23(18,19)20/h1-2,6,9-10H,3-5,7,13H2,(H,14,16,17)(H2,18,19,20)/b2-1+/t9-,10+/m0/s1. The van der Waals surface area contributed by atoms with E-state index in [0.717, 1.165) is 0 Å². The van der Waals surface area contributed by atoms with E-state index in [1.807, 2.05) is 0 Å². The first-order valence-electron chi connectivity index (χ1n) is 6.88. The van der Waals surface area contributed by atoms with Crippen LogP contribution < -0.4 is 17.0 Å². The van der Waals surface area contributed by atoms with Crippen LogP contribution in [-0.2, 0) is 13.8 Å². The molecule has 1 fully saturated rings. The van der Waals surface area contributed by atoms with Crippen LogP contribution in [0.25, 0.3) is 6.08 Å². The lowest BCUT2D eigenvalue weighted by Gasteiger charge is -2.16. The minimum absolute atomic E-state index is 0.250. The van der Waals surface area contributed by atoms with Crippen molar-refractivity contribution >= 4 is 13.9 Å². The van der Waals surface area contributed by atoms with Gasteiger partial charge in [-0.05, 0) is 12.8 Å². The van der Waals surface area contributed by atoms with Gasteiger partial charge in [0.25, 0.3) is 5.56 Å². The van der Waals surface area contributed by atoms with Crippen molar-refractivity contribution in [2.24, 2.45) is 5.73 Å². The number of phosphoric acid groups is 1. The highest BCUT2D eigenvalue weighted by Crippen LogP contribution is 2.37. The molecule has 1 aromatic heterocycles. The van der Waals surface area contributed by atoms with Crippen molar-refractivity contribution in [3.05, 3.63) is 38.7 Å². The number of H-pyrrole nitrogens is 1. The molecule has 1 saturated heterocycles. The molecule has 2 rings (SSSR count). The second-order valence-corrected chi connectivity index (χ2v) is 6.20. The van der Waals surface area contributed by atoms with E-state index in [1.54, 1.807) is 6.08 Å². The normalized spacial score (nSPS) is 22.0. The molecule has 128 valence electrons. The number of hydrogen-bond acceptors (Lipinski definition) is 6. The number of hydrogen-bond donors (Lipinski definition) is 4. The van der Waals surface area contributed by atoms with Gasteiger partial charge in [-0.2, -0.15) is 0 Å². The van der Waals surface area contributed by atoms with E-state index in [1.165, 1.54) is 16.8 Å². The van der Waals surface area contributed by atoms with Crippen LogP contribution in [0, 0.1) is 0 Å². The predicted molar refractivity (Wildman–Crippen MR) is 80.6 cm³/mol. The highest BCUT2D eigenvalue weighted by Gasteiger charge is 2.29. The van der Waals surface area contributed by atoms with Crippen LogP contribution in [0.3, 0.4) is 0 Å². The van der Waals surface area contributed by atoms with Crippen molar-refractivity contribution in [1.82, 2.24) is 9.55 Å². The summed E-state index contributed by atoms with van der Waals surface area (Å²) in [5.41, 5.74) is 4.44. The molecule has 11 heteroatoms. The van der Waals surface area contributed by atoms with Gasteiger partial charge in [-0.1, -0.05) is 12.2 Å². The van der Waals surface area contributed by atoms with E-state index >= 15 is 0 Å². The van der Waals surface area contributed by atoms with Gasteiger partial charge in [-0.15, -0.1) is 0 Å². The smallest absolute Gasteiger partial charge is 0.352 e. The molecule has 2 atom stereocenters. The summed E-state index contributed by atoms with van der Waals surface area (Å²) < 4.78 is 21.9. The Labute approximate surface area is 130 Å². The molecule has 1 aromatic rings. The van der Waals surface area contributed by atoms with E-state index in [4.69, 9.17) is 20.3 Å². The van der Waals surface area contributed by atoms with Gasteiger partial charge in [0.05, 0.1) is 18.3 Å². The number of nitrogens with one attached hydrogen (secondary N) is 1. The number of aromatic amines is 1. The van der Waals surface area contributed by atoms with Crippen molar-refractivity contribution < 1.29 is 23.6 Å². The predicted octanol–water partition coefficient (Wildman–Crippen LogP) is -0.705. The number of ether oxygens (including phenoxy) is 1. The fourth-order valence-corrected chi connectivity index (χ4v) is 2.58. The van der Waals surface area contributed by atoms with Crippen molar-refractivity contribution in [3.8, 4) is 0 Å². The Hall–Kier alpha value is -1.55. The lowest BCUT2D eigenvalue weighted by Crippen LogP contribution is -2.33. The molecule has 1 aliphatic rings. The van der Waals surface area contributed by atoms with Crippen molar-refractivity contribution in [2.45, 2.75) is 25.2 Å². The lowest BCUT2D eigenvalue weighted by atomic mass is 10.2. The maximum atomic E-state index is 11.9. The average Bonchev–Trinajstić information content (AvgIpc) is 2.92. The summed E-state index contributed by atoms with van der Waals surface area (Å²) in [4.78, 5) is 43.1. The van der Waals surface area contributed by atoms with Gasteiger partial charge in [0.1, 0.15) is 6.23 Å². The molecule has 0 bridgehead atoms. The van der Waals surface area contributed by atoms with Crippen LogP contribution in [0.4, 0.5) is 0 Å². The first-order valence-corrected chi connectivity index (χ1v) is 8.41. The number of aromatic nitrogens is 2. The Kier molecular flexibility index (Phi) is 5.69. The number of phosphoric ester groups is 1. The van der Waals surface area contributed by atoms with Gasteiger partial charge >= 0.3 is 13.5 Å². The lowest BCUT2D eigenvalue weighted by molar-refractivity contribution is -0.0243. The van der Waals surface area contributed by atoms with Gasteiger partial charge in [-0.25, -0.2) is 9.36 Å². The molecule has 23 heavy (non-hydrogen) atoms. The topological polar surface area (TPSA) is 157 Å². The van der Waals surface area contributed by atoms with Crippen LogP contribution in [-0.4, -0.2) is 38.6 Å². The molecule has 0 aromatic carbocycles. The second-order valence-electron chi connectivity index (χ2n) is 4.97. The fraction of sp³-hybridized carbons (Fsp3) is 0.500. The van der Waals surface area contributed by atoms with Crippen LogP contribution in [0.2, 0.25) is 0 Å². The van der Waals surface area contributed by atoms with E-state index in [2.05, 4.69) is 9.51 Å². The largest absolute Gasteiger partial charge is 0.469 e. The first-order chi connectivity index (χ1) is 10.8. The van der Waals surface area contributed by atoms with Gasteiger partial charge in [-0.3, -0.25) is 18.9 Å². The molecule has 10 nitrogen and oxygen atoms in total. The maximum absolute atomic E-state index is 11.9. The minimum Gasteiger partial charge on any atom is -0.352 e. The Morgan fingerprint density at radius 2 is 2.22 bits per heavy atom. The maximum Gasteiger partial charge on any atom is 0.469 e. The van der Waals surface area contributed by atoms with Crippen molar-refractivity contribution in [3.63, 3.8) is 0 Å². The molecule has 0 unspecified atom stereocenters. The summed E-state index contributed by atoms with van der Waals surface area (Å²) >= 11 is 0. The van der Waals surface area contributed by atoms with Gasteiger partial charge < -0.3 is 20.3 Å². The monoisotopic (exact) mass is 347 g/mol. The quantitative estimate of drug-likeness (QED) is 0.492. The third-order valence-corrected chi connectivity index (χ3v) is 3.74. The first kappa shape index (κ1) is 17.8. The number of rotatable bonds is 6. The zero-order valence-electron chi connectivity index (χ0n) is 12.1.